The Hall–Kier alpha value is -2.10. The van der Waals surface area contributed by atoms with Gasteiger partial charge in [-0.25, -0.2) is 0 Å². The number of benzene rings is 1. The molecule has 0 aliphatic heterocycles. The number of nitrogens with zero attached hydrogens (tertiary/aromatic N) is 2. The van der Waals surface area contributed by atoms with E-state index in [1.807, 2.05) is 12.1 Å². The first kappa shape index (κ1) is 9.45. The van der Waals surface area contributed by atoms with Gasteiger partial charge in [0.2, 0.25) is 5.88 Å². The molecule has 1 aromatic carbocycles. The Bertz CT molecular complexity index is 529. The van der Waals surface area contributed by atoms with Gasteiger partial charge in [-0.3, -0.25) is 0 Å². The topological polar surface area (TPSA) is 54.6 Å². The molecule has 0 aliphatic carbocycles. The molecule has 0 unspecified atom stereocenters. The van der Waals surface area contributed by atoms with E-state index < -0.39 is 0 Å². The van der Waals surface area contributed by atoms with Crippen LogP contribution in [0.2, 0.25) is 0 Å². The Labute approximate surface area is 86.4 Å². The van der Waals surface area contributed by atoms with Crippen LogP contribution in [-0.4, -0.2) is 9.67 Å². The van der Waals surface area contributed by atoms with E-state index in [9.17, 15) is 10.0 Å². The van der Waals surface area contributed by atoms with Gasteiger partial charge in [0.25, 0.3) is 0 Å². The standard InChI is InChI=1S/C11H10N2O2/c1-2-7-13-9-6-4-3-5-8(9)10(12-15)11(13)14/h2-6,14H,1,7H2. The van der Waals surface area contributed by atoms with Gasteiger partial charge in [0, 0.05) is 11.9 Å². The third-order valence-electron chi connectivity index (χ3n) is 2.32. The third kappa shape index (κ3) is 1.30. The van der Waals surface area contributed by atoms with Gasteiger partial charge in [0.1, 0.15) is 0 Å². The van der Waals surface area contributed by atoms with Crippen molar-refractivity contribution in [1.29, 1.82) is 0 Å². The SMILES string of the molecule is C=CCn1c(O)c(N=O)c2ccccc21. The van der Waals surface area contributed by atoms with Crippen LogP contribution in [-0.2, 0) is 6.54 Å². The lowest BCUT2D eigenvalue weighted by atomic mass is 10.2. The molecule has 4 heteroatoms. The number of para-hydroxylation sites is 1. The van der Waals surface area contributed by atoms with Crippen molar-refractivity contribution < 1.29 is 5.11 Å². The Kier molecular flexibility index (Phi) is 2.25. The van der Waals surface area contributed by atoms with Crippen LogP contribution in [0.4, 0.5) is 5.69 Å². The van der Waals surface area contributed by atoms with Crippen LogP contribution in [0.5, 0.6) is 5.88 Å². The minimum atomic E-state index is -0.105. The molecular formula is C11H10N2O2. The molecular weight excluding hydrogens is 192 g/mol. The van der Waals surface area contributed by atoms with Crippen molar-refractivity contribution in [2.45, 2.75) is 6.54 Å². The summed E-state index contributed by atoms with van der Waals surface area (Å²) < 4.78 is 1.60. The van der Waals surface area contributed by atoms with Crippen LogP contribution in [0, 0.1) is 4.91 Å². The summed E-state index contributed by atoms with van der Waals surface area (Å²) in [7, 11) is 0. The van der Waals surface area contributed by atoms with E-state index in [0.29, 0.717) is 11.9 Å². The minimum absolute atomic E-state index is 0.0902. The van der Waals surface area contributed by atoms with Gasteiger partial charge < -0.3 is 9.67 Å². The molecule has 0 saturated carbocycles. The molecule has 0 atom stereocenters. The van der Waals surface area contributed by atoms with Crippen molar-refractivity contribution >= 4 is 16.6 Å². The molecule has 1 N–H and O–H groups in total. The van der Waals surface area contributed by atoms with Crippen LogP contribution in [0.15, 0.2) is 42.1 Å². The molecule has 0 saturated heterocycles. The molecule has 1 aromatic heterocycles. The lowest BCUT2D eigenvalue weighted by Crippen LogP contribution is -1.92. The fourth-order valence-corrected chi connectivity index (χ4v) is 1.68. The van der Waals surface area contributed by atoms with Crippen molar-refractivity contribution in [2.24, 2.45) is 5.18 Å². The second-order valence-electron chi connectivity index (χ2n) is 3.18. The average molecular weight is 202 g/mol. The first-order valence-corrected chi connectivity index (χ1v) is 4.54. The predicted molar refractivity (Wildman–Crippen MR) is 59.3 cm³/mol. The highest BCUT2D eigenvalue weighted by molar-refractivity contribution is 5.95. The summed E-state index contributed by atoms with van der Waals surface area (Å²) in [5.74, 6) is -0.105. The Morgan fingerprint density at radius 2 is 2.20 bits per heavy atom. The number of rotatable bonds is 3. The summed E-state index contributed by atoms with van der Waals surface area (Å²) in [6, 6.07) is 7.23. The van der Waals surface area contributed by atoms with Crippen molar-refractivity contribution in [3.63, 3.8) is 0 Å². The molecule has 1 heterocycles. The molecule has 0 amide bonds. The number of hydrogen-bond acceptors (Lipinski definition) is 3. The zero-order valence-corrected chi connectivity index (χ0v) is 8.05. The summed E-state index contributed by atoms with van der Waals surface area (Å²) in [6.07, 6.45) is 1.65. The van der Waals surface area contributed by atoms with Crippen LogP contribution in [0.1, 0.15) is 0 Å². The lowest BCUT2D eigenvalue weighted by molar-refractivity contribution is 0.431. The number of fused-ring (bicyclic) bond motifs is 1. The second kappa shape index (κ2) is 3.57. The highest BCUT2D eigenvalue weighted by Crippen LogP contribution is 2.38. The normalized spacial score (nSPS) is 10.4. The van der Waals surface area contributed by atoms with E-state index in [1.54, 1.807) is 22.8 Å². The number of hydrogen-bond donors (Lipinski definition) is 1. The fraction of sp³-hybridized carbons (Fsp3) is 0.0909. The van der Waals surface area contributed by atoms with Gasteiger partial charge in [-0.05, 0) is 11.2 Å². The number of nitroso groups, excluding NO2 is 1. The lowest BCUT2D eigenvalue weighted by Gasteiger charge is -2.01. The molecule has 2 aromatic rings. The summed E-state index contributed by atoms with van der Waals surface area (Å²) in [4.78, 5) is 10.6. The molecule has 15 heavy (non-hydrogen) atoms. The third-order valence-corrected chi connectivity index (χ3v) is 2.32. The van der Waals surface area contributed by atoms with Gasteiger partial charge >= 0.3 is 0 Å². The van der Waals surface area contributed by atoms with E-state index >= 15 is 0 Å². The first-order chi connectivity index (χ1) is 7.29. The first-order valence-electron chi connectivity index (χ1n) is 4.54. The quantitative estimate of drug-likeness (QED) is 0.614. The highest BCUT2D eigenvalue weighted by atomic mass is 16.3. The average Bonchev–Trinajstić information content (AvgIpc) is 2.53. The summed E-state index contributed by atoms with van der Waals surface area (Å²) >= 11 is 0. The van der Waals surface area contributed by atoms with E-state index in [0.717, 1.165) is 5.52 Å². The van der Waals surface area contributed by atoms with Crippen molar-refractivity contribution in [3.8, 4) is 5.88 Å². The Morgan fingerprint density at radius 3 is 2.87 bits per heavy atom. The molecule has 76 valence electrons. The van der Waals surface area contributed by atoms with Crippen molar-refractivity contribution in [2.75, 3.05) is 0 Å². The minimum Gasteiger partial charge on any atom is -0.493 e. The van der Waals surface area contributed by atoms with Crippen molar-refractivity contribution in [3.05, 3.63) is 41.8 Å². The summed E-state index contributed by atoms with van der Waals surface area (Å²) in [6.45, 7) is 4.04. The number of aromatic nitrogens is 1. The molecule has 0 fully saturated rings. The van der Waals surface area contributed by atoms with E-state index in [1.165, 1.54) is 0 Å². The number of allylic oxidation sites excluding steroid dienone is 1. The molecule has 2 rings (SSSR count). The number of aromatic hydroxyl groups is 1. The summed E-state index contributed by atoms with van der Waals surface area (Å²) in [5, 5.41) is 13.3. The summed E-state index contributed by atoms with van der Waals surface area (Å²) in [5.41, 5.74) is 0.872. The van der Waals surface area contributed by atoms with Gasteiger partial charge in [-0.2, -0.15) is 0 Å². The van der Waals surface area contributed by atoms with Crippen LogP contribution < -0.4 is 0 Å². The van der Waals surface area contributed by atoms with Crippen LogP contribution >= 0.6 is 0 Å². The molecule has 0 radical (unpaired) electrons. The zero-order chi connectivity index (χ0) is 10.8. The zero-order valence-electron chi connectivity index (χ0n) is 8.05. The van der Waals surface area contributed by atoms with Gasteiger partial charge in [0.05, 0.1) is 5.52 Å². The Morgan fingerprint density at radius 1 is 1.47 bits per heavy atom. The smallest absolute Gasteiger partial charge is 0.222 e. The molecule has 0 bridgehead atoms. The van der Waals surface area contributed by atoms with Crippen LogP contribution in [0.3, 0.4) is 0 Å². The van der Waals surface area contributed by atoms with E-state index in [4.69, 9.17) is 0 Å². The van der Waals surface area contributed by atoms with Gasteiger partial charge in [0.15, 0.2) is 5.69 Å². The van der Waals surface area contributed by atoms with Crippen LogP contribution in [0.25, 0.3) is 10.9 Å². The van der Waals surface area contributed by atoms with E-state index in [2.05, 4.69) is 11.8 Å². The van der Waals surface area contributed by atoms with Crippen molar-refractivity contribution in [1.82, 2.24) is 4.57 Å². The maximum absolute atomic E-state index is 10.6. The molecule has 0 aliphatic rings. The maximum atomic E-state index is 10.6. The maximum Gasteiger partial charge on any atom is 0.222 e. The second-order valence-corrected chi connectivity index (χ2v) is 3.18. The predicted octanol–water partition coefficient (Wildman–Crippen LogP) is 2.93. The monoisotopic (exact) mass is 202 g/mol. The fourth-order valence-electron chi connectivity index (χ4n) is 1.68. The molecule has 0 spiro atoms. The van der Waals surface area contributed by atoms with E-state index in [-0.39, 0.29) is 11.6 Å². The highest BCUT2D eigenvalue weighted by Gasteiger charge is 2.15. The Balaban J connectivity index is 2.83. The molecule has 4 nitrogen and oxygen atoms in total. The van der Waals surface area contributed by atoms with Gasteiger partial charge in [-0.1, -0.05) is 24.3 Å². The largest absolute Gasteiger partial charge is 0.493 e. The van der Waals surface area contributed by atoms with Gasteiger partial charge in [-0.15, -0.1) is 11.5 Å².